The number of nitrogens with zero attached hydrogens (tertiary/aromatic N) is 1. The number of hydrogen-bond donors (Lipinski definition) is 0. The third-order valence-corrected chi connectivity index (χ3v) is 12.5. The molecule has 0 N–H and O–H groups in total. The highest BCUT2D eigenvalue weighted by Gasteiger charge is 2.35. The Labute approximate surface area is 227 Å². The zero-order valence-electron chi connectivity index (χ0n) is 25.4. The van der Waals surface area contributed by atoms with Crippen molar-refractivity contribution in [1.29, 1.82) is 0 Å². The van der Waals surface area contributed by atoms with Crippen LogP contribution in [0.2, 0.25) is 0 Å². The summed E-state index contributed by atoms with van der Waals surface area (Å²) in [5, 5.41) is 0. The fourth-order valence-electron chi connectivity index (χ4n) is 9.62. The molecule has 2 atom stereocenters. The SMILES string of the molecule is CCCC(C)N(C)CC1CCC(C(C)CC2CCC(C3CCC(C4CCC(C)CC4)CC3)CC2)CC1. The smallest absolute Gasteiger partial charge is 0.00638 e. The molecule has 4 fully saturated rings. The Kier molecular flexibility index (Phi) is 11.6. The molecular weight excluding hydrogens is 434 g/mol. The van der Waals surface area contributed by atoms with Gasteiger partial charge in [-0.3, -0.25) is 0 Å². The molecule has 0 bridgehead atoms. The van der Waals surface area contributed by atoms with Crippen molar-refractivity contribution >= 4 is 0 Å². The van der Waals surface area contributed by atoms with Gasteiger partial charge in [0.15, 0.2) is 0 Å². The lowest BCUT2D eigenvalue weighted by Gasteiger charge is -2.42. The second-order valence-corrected chi connectivity index (χ2v) is 15.0. The normalized spacial score (nSPS) is 40.2. The summed E-state index contributed by atoms with van der Waals surface area (Å²) >= 11 is 0. The minimum atomic E-state index is 0.762. The van der Waals surface area contributed by atoms with Gasteiger partial charge in [-0.15, -0.1) is 0 Å². The lowest BCUT2D eigenvalue weighted by molar-refractivity contribution is 0.0968. The molecule has 0 spiro atoms. The van der Waals surface area contributed by atoms with E-state index in [1.807, 2.05) is 0 Å². The van der Waals surface area contributed by atoms with Crippen molar-refractivity contribution in [2.45, 2.75) is 156 Å². The van der Waals surface area contributed by atoms with Gasteiger partial charge in [0, 0.05) is 12.6 Å². The fraction of sp³-hybridized carbons (Fsp3) is 1.00. The highest BCUT2D eigenvalue weighted by atomic mass is 15.1. The molecule has 4 aliphatic carbocycles. The average Bonchev–Trinajstić information content (AvgIpc) is 2.90. The van der Waals surface area contributed by atoms with Crippen LogP contribution in [-0.4, -0.2) is 24.5 Å². The fourth-order valence-corrected chi connectivity index (χ4v) is 9.62. The Bertz CT molecular complexity index is 582. The summed E-state index contributed by atoms with van der Waals surface area (Å²) in [5.41, 5.74) is 0. The molecule has 0 radical (unpaired) electrons. The van der Waals surface area contributed by atoms with E-state index in [0.29, 0.717) is 0 Å². The first-order valence-electron chi connectivity index (χ1n) is 17.1. The zero-order chi connectivity index (χ0) is 25.5. The maximum atomic E-state index is 2.65. The van der Waals surface area contributed by atoms with Gasteiger partial charge in [-0.1, -0.05) is 52.9 Å². The monoisotopic (exact) mass is 500 g/mol. The Morgan fingerprint density at radius 3 is 1.56 bits per heavy atom. The van der Waals surface area contributed by atoms with Gasteiger partial charge >= 0.3 is 0 Å². The van der Waals surface area contributed by atoms with Crippen molar-refractivity contribution in [2.24, 2.45) is 53.3 Å². The van der Waals surface area contributed by atoms with E-state index in [2.05, 4.69) is 39.6 Å². The first-order valence-corrected chi connectivity index (χ1v) is 17.1. The summed E-state index contributed by atoms with van der Waals surface area (Å²) in [6.07, 6.45) is 29.0. The van der Waals surface area contributed by atoms with Gasteiger partial charge in [-0.2, -0.15) is 0 Å². The third kappa shape index (κ3) is 8.23. The molecule has 4 saturated carbocycles. The van der Waals surface area contributed by atoms with E-state index in [1.165, 1.54) is 57.9 Å². The van der Waals surface area contributed by atoms with Crippen LogP contribution in [0, 0.1) is 53.3 Å². The molecule has 1 nitrogen and oxygen atoms in total. The van der Waals surface area contributed by atoms with Crippen LogP contribution in [0.4, 0.5) is 0 Å². The standard InChI is InChI=1S/C35H65N/c1-6-7-28(4)36(5)25-30-12-16-31(17-13-30)27(3)24-29-10-18-33(19-11-29)35-22-20-34(21-23-35)32-14-8-26(2)9-15-32/h26-35H,6-25H2,1-5H3. The van der Waals surface area contributed by atoms with Gasteiger partial charge in [0.1, 0.15) is 0 Å². The summed E-state index contributed by atoms with van der Waals surface area (Å²) in [5.74, 6) is 9.40. The van der Waals surface area contributed by atoms with E-state index in [0.717, 1.165) is 59.3 Å². The van der Waals surface area contributed by atoms with Crippen molar-refractivity contribution in [3.8, 4) is 0 Å². The molecule has 1 heteroatoms. The molecule has 0 aromatic rings. The van der Waals surface area contributed by atoms with E-state index >= 15 is 0 Å². The van der Waals surface area contributed by atoms with E-state index < -0.39 is 0 Å². The summed E-state index contributed by atoms with van der Waals surface area (Å²) in [7, 11) is 2.37. The predicted molar refractivity (Wildman–Crippen MR) is 158 cm³/mol. The first-order chi connectivity index (χ1) is 17.4. The van der Waals surface area contributed by atoms with E-state index in [9.17, 15) is 0 Å². The van der Waals surface area contributed by atoms with Gasteiger partial charge in [-0.25, -0.2) is 0 Å². The molecule has 0 saturated heterocycles. The van der Waals surface area contributed by atoms with Crippen LogP contribution in [0.3, 0.4) is 0 Å². The van der Waals surface area contributed by atoms with Gasteiger partial charge < -0.3 is 4.90 Å². The van der Waals surface area contributed by atoms with Crippen LogP contribution in [0.1, 0.15) is 150 Å². The molecule has 2 unspecified atom stereocenters. The van der Waals surface area contributed by atoms with Crippen molar-refractivity contribution in [2.75, 3.05) is 13.6 Å². The molecule has 36 heavy (non-hydrogen) atoms. The third-order valence-electron chi connectivity index (χ3n) is 12.5. The van der Waals surface area contributed by atoms with Crippen molar-refractivity contribution in [1.82, 2.24) is 4.90 Å². The first kappa shape index (κ1) is 29.0. The summed E-state index contributed by atoms with van der Waals surface area (Å²) in [6, 6.07) is 0.762. The molecule has 0 heterocycles. The number of rotatable bonds is 10. The van der Waals surface area contributed by atoms with Gasteiger partial charge in [0.2, 0.25) is 0 Å². The van der Waals surface area contributed by atoms with Gasteiger partial charge in [0.05, 0.1) is 0 Å². The maximum Gasteiger partial charge on any atom is 0.00638 e. The van der Waals surface area contributed by atoms with Crippen LogP contribution in [0.15, 0.2) is 0 Å². The molecule has 4 aliphatic rings. The highest BCUT2D eigenvalue weighted by molar-refractivity contribution is 4.87. The molecule has 4 rings (SSSR count). The minimum absolute atomic E-state index is 0.762. The van der Waals surface area contributed by atoms with Crippen LogP contribution in [-0.2, 0) is 0 Å². The molecule has 210 valence electrons. The Morgan fingerprint density at radius 1 is 0.611 bits per heavy atom. The quantitative estimate of drug-likeness (QED) is 0.289. The van der Waals surface area contributed by atoms with Crippen LogP contribution in [0.5, 0.6) is 0 Å². The van der Waals surface area contributed by atoms with Crippen molar-refractivity contribution in [3.63, 3.8) is 0 Å². The topological polar surface area (TPSA) is 3.24 Å². The van der Waals surface area contributed by atoms with Crippen LogP contribution >= 0.6 is 0 Å². The number of hydrogen-bond acceptors (Lipinski definition) is 1. The maximum absolute atomic E-state index is 2.65. The Hall–Kier alpha value is -0.0400. The van der Waals surface area contributed by atoms with Gasteiger partial charge in [0.25, 0.3) is 0 Å². The Morgan fingerprint density at radius 2 is 1.06 bits per heavy atom. The van der Waals surface area contributed by atoms with Gasteiger partial charge in [-0.05, 0) is 157 Å². The average molecular weight is 500 g/mol. The largest absolute Gasteiger partial charge is 0.303 e. The second kappa shape index (κ2) is 14.4. The second-order valence-electron chi connectivity index (χ2n) is 15.0. The van der Waals surface area contributed by atoms with E-state index in [1.54, 1.807) is 70.6 Å². The predicted octanol–water partition coefficient (Wildman–Crippen LogP) is 10.4. The summed E-state index contributed by atoms with van der Waals surface area (Å²) < 4.78 is 0. The van der Waals surface area contributed by atoms with E-state index in [-0.39, 0.29) is 0 Å². The van der Waals surface area contributed by atoms with Crippen LogP contribution < -0.4 is 0 Å². The Balaban J connectivity index is 1.10. The molecule has 0 amide bonds. The lowest BCUT2D eigenvalue weighted by Crippen LogP contribution is -2.35. The molecular formula is C35H65N. The molecule has 0 aromatic carbocycles. The molecule has 0 aromatic heterocycles. The zero-order valence-corrected chi connectivity index (χ0v) is 25.4. The summed E-state index contributed by atoms with van der Waals surface area (Å²) in [6.45, 7) is 11.2. The highest BCUT2D eigenvalue weighted by Crippen LogP contribution is 2.47. The van der Waals surface area contributed by atoms with E-state index in [4.69, 9.17) is 0 Å². The lowest BCUT2D eigenvalue weighted by atomic mass is 9.64. The van der Waals surface area contributed by atoms with Crippen molar-refractivity contribution in [3.05, 3.63) is 0 Å². The molecule has 0 aliphatic heterocycles. The minimum Gasteiger partial charge on any atom is -0.303 e. The van der Waals surface area contributed by atoms with Crippen LogP contribution in [0.25, 0.3) is 0 Å². The summed E-state index contributed by atoms with van der Waals surface area (Å²) in [4.78, 5) is 2.65. The van der Waals surface area contributed by atoms with Crippen molar-refractivity contribution < 1.29 is 0 Å².